The van der Waals surface area contributed by atoms with E-state index in [0.717, 1.165) is 19.2 Å². The first-order chi connectivity index (χ1) is 7.58. The normalized spacial score (nSPS) is 12.8. The number of thiophene rings is 1. The van der Waals surface area contributed by atoms with Gasteiger partial charge in [-0.25, -0.2) is 0 Å². The molecule has 0 nitrogen and oxygen atoms in total. The smallest absolute Gasteiger partial charge is 0.0931 e. The van der Waals surface area contributed by atoms with Crippen molar-refractivity contribution in [2.75, 3.05) is 0 Å². The number of alkyl halides is 1. The third-order valence-electron chi connectivity index (χ3n) is 2.36. The molecule has 0 amide bonds. The minimum absolute atomic E-state index is 0.130. The van der Waals surface area contributed by atoms with Crippen LogP contribution < -0.4 is 0 Å². The molecule has 1 unspecified atom stereocenters. The van der Waals surface area contributed by atoms with Gasteiger partial charge >= 0.3 is 0 Å². The number of benzene rings is 1. The second-order valence-electron chi connectivity index (χ2n) is 3.51. The zero-order valence-electron chi connectivity index (χ0n) is 8.51. The van der Waals surface area contributed by atoms with E-state index in [1.54, 1.807) is 0 Å². The first-order valence-electron chi connectivity index (χ1n) is 4.73. The Morgan fingerprint density at radius 1 is 1.25 bits per heavy atom. The second-order valence-corrected chi connectivity index (χ2v) is 6.60. The van der Waals surface area contributed by atoms with Gasteiger partial charge in [-0.3, -0.25) is 0 Å². The lowest BCUT2D eigenvalue weighted by Crippen LogP contribution is -1.93. The Kier molecular flexibility index (Phi) is 3.96. The highest BCUT2D eigenvalue weighted by Gasteiger charge is 2.15. The van der Waals surface area contributed by atoms with Gasteiger partial charge in [0.1, 0.15) is 0 Å². The maximum absolute atomic E-state index is 6.45. The highest BCUT2D eigenvalue weighted by molar-refractivity contribution is 9.10. The SMILES string of the molecule is Cc1ccc(Br)cc1C(Cl)c1ccc(Cl)s1. The Labute approximate surface area is 117 Å². The van der Waals surface area contributed by atoms with Crippen LogP contribution in [0.5, 0.6) is 0 Å². The monoisotopic (exact) mass is 334 g/mol. The molecule has 16 heavy (non-hydrogen) atoms. The van der Waals surface area contributed by atoms with E-state index in [0.29, 0.717) is 0 Å². The van der Waals surface area contributed by atoms with Crippen LogP contribution in [-0.4, -0.2) is 0 Å². The van der Waals surface area contributed by atoms with E-state index in [1.165, 1.54) is 16.9 Å². The van der Waals surface area contributed by atoms with E-state index in [4.69, 9.17) is 23.2 Å². The summed E-state index contributed by atoms with van der Waals surface area (Å²) in [6, 6.07) is 9.99. The number of hydrogen-bond donors (Lipinski definition) is 0. The quantitative estimate of drug-likeness (QED) is 0.608. The number of rotatable bonds is 2. The van der Waals surface area contributed by atoms with E-state index in [9.17, 15) is 0 Å². The molecule has 4 heteroatoms. The molecule has 0 saturated carbocycles. The van der Waals surface area contributed by atoms with Crippen molar-refractivity contribution in [2.24, 2.45) is 0 Å². The Bertz CT molecular complexity index is 507. The highest BCUT2D eigenvalue weighted by Crippen LogP contribution is 2.37. The van der Waals surface area contributed by atoms with Crippen LogP contribution in [0.15, 0.2) is 34.8 Å². The molecule has 1 atom stereocenters. The van der Waals surface area contributed by atoms with Crippen molar-refractivity contribution in [1.29, 1.82) is 0 Å². The standard InChI is InChI=1S/C12H9BrCl2S/c1-7-2-3-8(13)6-9(7)12(15)10-4-5-11(14)16-10/h2-6,12H,1H3. The van der Waals surface area contributed by atoms with Crippen LogP contribution in [0.1, 0.15) is 21.4 Å². The molecule has 0 radical (unpaired) electrons. The summed E-state index contributed by atoms with van der Waals surface area (Å²) in [4.78, 5) is 1.08. The van der Waals surface area contributed by atoms with E-state index in [2.05, 4.69) is 35.0 Å². The number of hydrogen-bond acceptors (Lipinski definition) is 1. The molecular formula is C12H9BrCl2S. The van der Waals surface area contributed by atoms with Gasteiger partial charge in [-0.1, -0.05) is 33.6 Å². The Hall–Kier alpha value is -0.0200. The third kappa shape index (κ3) is 2.62. The molecule has 0 N–H and O–H groups in total. The molecule has 0 aliphatic rings. The summed E-state index contributed by atoms with van der Waals surface area (Å²) < 4.78 is 1.81. The molecule has 1 aromatic carbocycles. The average molecular weight is 336 g/mol. The Morgan fingerprint density at radius 2 is 2.00 bits per heavy atom. The van der Waals surface area contributed by atoms with Crippen LogP contribution in [0.2, 0.25) is 4.34 Å². The Balaban J connectivity index is 2.40. The summed E-state index contributed by atoms with van der Waals surface area (Å²) in [5.74, 6) is 0. The van der Waals surface area contributed by atoms with Gasteiger partial charge in [-0.15, -0.1) is 22.9 Å². The number of halogens is 3. The largest absolute Gasteiger partial charge is 0.127 e. The Morgan fingerprint density at radius 3 is 2.62 bits per heavy atom. The maximum atomic E-state index is 6.45. The summed E-state index contributed by atoms with van der Waals surface area (Å²) in [6.45, 7) is 2.06. The fraction of sp³-hybridized carbons (Fsp3) is 0.167. The summed E-state index contributed by atoms with van der Waals surface area (Å²) in [6.07, 6.45) is 0. The molecule has 0 saturated heterocycles. The van der Waals surface area contributed by atoms with E-state index >= 15 is 0 Å². The van der Waals surface area contributed by atoms with Crippen molar-refractivity contribution in [1.82, 2.24) is 0 Å². The first-order valence-corrected chi connectivity index (χ1v) is 7.15. The van der Waals surface area contributed by atoms with Crippen molar-refractivity contribution < 1.29 is 0 Å². The summed E-state index contributed by atoms with van der Waals surface area (Å²) >= 11 is 17.4. The minimum Gasteiger partial charge on any atom is -0.127 e. The molecule has 2 aromatic rings. The third-order valence-corrected chi connectivity index (χ3v) is 4.75. The van der Waals surface area contributed by atoms with Gasteiger partial charge in [0.25, 0.3) is 0 Å². The predicted molar refractivity (Wildman–Crippen MR) is 75.9 cm³/mol. The molecule has 1 heterocycles. The van der Waals surface area contributed by atoms with Crippen LogP contribution in [-0.2, 0) is 0 Å². The van der Waals surface area contributed by atoms with Crippen LogP contribution in [0.3, 0.4) is 0 Å². The molecule has 0 aliphatic heterocycles. The van der Waals surface area contributed by atoms with E-state index in [1.807, 2.05) is 18.2 Å². The summed E-state index contributed by atoms with van der Waals surface area (Å²) in [5, 5.41) is -0.130. The molecule has 0 fully saturated rings. The topological polar surface area (TPSA) is 0 Å². The van der Waals surface area contributed by atoms with Crippen LogP contribution in [0, 0.1) is 6.92 Å². The zero-order valence-corrected chi connectivity index (χ0v) is 12.4. The lowest BCUT2D eigenvalue weighted by atomic mass is 10.0. The minimum atomic E-state index is -0.130. The fourth-order valence-electron chi connectivity index (χ4n) is 1.50. The molecule has 1 aromatic heterocycles. The van der Waals surface area contributed by atoms with Gasteiger partial charge in [0.05, 0.1) is 9.71 Å². The first kappa shape index (κ1) is 12.4. The van der Waals surface area contributed by atoms with Crippen molar-refractivity contribution in [3.05, 3.63) is 55.1 Å². The van der Waals surface area contributed by atoms with E-state index in [-0.39, 0.29) is 5.38 Å². The highest BCUT2D eigenvalue weighted by atomic mass is 79.9. The lowest BCUT2D eigenvalue weighted by molar-refractivity contribution is 1.14. The summed E-state index contributed by atoms with van der Waals surface area (Å²) in [5.41, 5.74) is 2.31. The van der Waals surface area contributed by atoms with Crippen LogP contribution in [0.4, 0.5) is 0 Å². The van der Waals surface area contributed by atoms with Gasteiger partial charge < -0.3 is 0 Å². The predicted octanol–water partition coefficient (Wildman–Crippen LogP) is 5.80. The van der Waals surface area contributed by atoms with Crippen LogP contribution in [0.25, 0.3) is 0 Å². The molecule has 0 bridgehead atoms. The number of aryl methyl sites for hydroxylation is 1. The molecule has 2 rings (SSSR count). The van der Waals surface area contributed by atoms with Gasteiger partial charge in [0.2, 0.25) is 0 Å². The van der Waals surface area contributed by atoms with Gasteiger partial charge in [-0.2, -0.15) is 0 Å². The van der Waals surface area contributed by atoms with Gasteiger partial charge in [0.15, 0.2) is 0 Å². The maximum Gasteiger partial charge on any atom is 0.0931 e. The second kappa shape index (κ2) is 5.09. The van der Waals surface area contributed by atoms with Gasteiger partial charge in [-0.05, 0) is 42.3 Å². The molecule has 84 valence electrons. The molecular weight excluding hydrogens is 327 g/mol. The molecule has 0 aliphatic carbocycles. The van der Waals surface area contributed by atoms with E-state index < -0.39 is 0 Å². The van der Waals surface area contributed by atoms with Crippen LogP contribution >= 0.6 is 50.5 Å². The van der Waals surface area contributed by atoms with Crippen molar-refractivity contribution in [3.8, 4) is 0 Å². The molecule has 0 spiro atoms. The van der Waals surface area contributed by atoms with Crippen molar-refractivity contribution in [3.63, 3.8) is 0 Å². The van der Waals surface area contributed by atoms with Crippen molar-refractivity contribution in [2.45, 2.75) is 12.3 Å². The van der Waals surface area contributed by atoms with Gasteiger partial charge in [0, 0.05) is 9.35 Å². The average Bonchev–Trinajstić information content (AvgIpc) is 2.67. The lowest BCUT2D eigenvalue weighted by Gasteiger charge is -2.11. The summed E-state index contributed by atoms with van der Waals surface area (Å²) in [7, 11) is 0. The zero-order chi connectivity index (χ0) is 11.7. The van der Waals surface area contributed by atoms with Crippen molar-refractivity contribution >= 4 is 50.5 Å². The fourth-order valence-corrected chi connectivity index (χ4v) is 3.38.